The number of hydrogen-bond donors (Lipinski definition) is 0. The molecule has 0 unspecified atom stereocenters. The van der Waals surface area contributed by atoms with Crippen molar-refractivity contribution in [2.75, 3.05) is 13.1 Å². The lowest BCUT2D eigenvalue weighted by atomic mass is 9.68. The monoisotopic (exact) mass is 377 g/mol. The van der Waals surface area contributed by atoms with Gasteiger partial charge in [0.25, 0.3) is 0 Å². The van der Waals surface area contributed by atoms with Crippen molar-refractivity contribution in [1.82, 2.24) is 4.90 Å². The van der Waals surface area contributed by atoms with E-state index in [9.17, 15) is 9.59 Å². The van der Waals surface area contributed by atoms with Gasteiger partial charge in [-0.1, -0.05) is 19.4 Å². The standard InChI is InChI=1S/C22H32FNO3/c1-7-8-17-13-15(2)14-18(23)19(17)22(16(3)25)9-11-24(12-10-22)20(26)27-21(4,5)6/h13-14H,7-12H2,1-6H3. The number of ketones is 1. The highest BCUT2D eigenvalue weighted by Gasteiger charge is 2.44. The predicted molar refractivity (Wildman–Crippen MR) is 105 cm³/mol. The molecule has 0 aromatic heterocycles. The van der Waals surface area contributed by atoms with Crippen LogP contribution in [0.2, 0.25) is 0 Å². The molecule has 1 aliphatic rings. The molecule has 1 aromatic rings. The molecule has 1 amide bonds. The van der Waals surface area contributed by atoms with Crippen LogP contribution in [0.3, 0.4) is 0 Å². The van der Waals surface area contributed by atoms with Gasteiger partial charge in [0.1, 0.15) is 17.2 Å². The Balaban J connectivity index is 2.35. The summed E-state index contributed by atoms with van der Waals surface area (Å²) < 4.78 is 20.5. The molecule has 0 atom stereocenters. The SMILES string of the molecule is CCCc1cc(C)cc(F)c1C1(C(C)=O)CCN(C(=O)OC(C)(C)C)CC1. The van der Waals surface area contributed by atoms with Crippen LogP contribution < -0.4 is 0 Å². The van der Waals surface area contributed by atoms with Gasteiger partial charge < -0.3 is 9.64 Å². The van der Waals surface area contributed by atoms with Gasteiger partial charge in [0.05, 0.1) is 5.41 Å². The van der Waals surface area contributed by atoms with Gasteiger partial charge in [-0.05, 0) is 71.1 Å². The van der Waals surface area contributed by atoms with Crippen LogP contribution in [0.15, 0.2) is 12.1 Å². The fourth-order valence-electron chi connectivity index (χ4n) is 3.99. The van der Waals surface area contributed by atoms with Gasteiger partial charge in [-0.2, -0.15) is 0 Å². The molecule has 1 saturated heterocycles. The first-order valence-corrected chi connectivity index (χ1v) is 9.78. The zero-order valence-electron chi connectivity index (χ0n) is 17.4. The van der Waals surface area contributed by atoms with E-state index in [4.69, 9.17) is 4.74 Å². The Bertz CT molecular complexity index is 713. The lowest BCUT2D eigenvalue weighted by Crippen LogP contribution is -2.50. The molecular formula is C22H32FNO3. The summed E-state index contributed by atoms with van der Waals surface area (Å²) in [6.07, 6.45) is 2.07. The van der Waals surface area contributed by atoms with E-state index in [1.165, 1.54) is 13.0 Å². The van der Waals surface area contributed by atoms with Crippen LogP contribution in [0.4, 0.5) is 9.18 Å². The van der Waals surface area contributed by atoms with E-state index < -0.39 is 11.0 Å². The fraction of sp³-hybridized carbons (Fsp3) is 0.636. The van der Waals surface area contributed by atoms with Crippen LogP contribution in [0.1, 0.15) is 70.6 Å². The number of halogens is 1. The Hall–Kier alpha value is -1.91. The first-order valence-electron chi connectivity index (χ1n) is 9.78. The molecule has 0 bridgehead atoms. The first kappa shape index (κ1) is 21.4. The van der Waals surface area contributed by atoms with E-state index in [2.05, 4.69) is 6.92 Å². The molecule has 1 fully saturated rings. The lowest BCUT2D eigenvalue weighted by molar-refractivity contribution is -0.124. The molecule has 0 N–H and O–H groups in total. The third-order valence-corrected chi connectivity index (χ3v) is 5.26. The van der Waals surface area contributed by atoms with E-state index in [0.717, 1.165) is 24.0 Å². The van der Waals surface area contributed by atoms with E-state index in [1.807, 2.05) is 33.8 Å². The molecule has 1 aromatic carbocycles. The summed E-state index contributed by atoms with van der Waals surface area (Å²) in [7, 11) is 0. The largest absolute Gasteiger partial charge is 0.444 e. The normalized spacial score (nSPS) is 16.9. The topological polar surface area (TPSA) is 46.6 Å². The van der Waals surface area contributed by atoms with Crippen LogP contribution in [0, 0.1) is 12.7 Å². The van der Waals surface area contributed by atoms with Gasteiger partial charge >= 0.3 is 6.09 Å². The molecule has 1 heterocycles. The second-order valence-corrected chi connectivity index (χ2v) is 8.64. The number of amides is 1. The van der Waals surface area contributed by atoms with Crippen LogP contribution in [-0.4, -0.2) is 35.5 Å². The first-order chi connectivity index (χ1) is 12.5. The number of carbonyl (C=O) groups excluding carboxylic acids is 2. The average molecular weight is 378 g/mol. The van der Waals surface area contributed by atoms with Gasteiger partial charge in [-0.15, -0.1) is 0 Å². The van der Waals surface area contributed by atoms with Gasteiger partial charge in [0, 0.05) is 18.7 Å². The second kappa shape index (κ2) is 7.99. The van der Waals surface area contributed by atoms with E-state index >= 15 is 4.39 Å². The van der Waals surface area contributed by atoms with Crippen LogP contribution in [-0.2, 0) is 21.4 Å². The summed E-state index contributed by atoms with van der Waals surface area (Å²) in [5.41, 5.74) is 0.872. The number of nitrogens with zero attached hydrogens (tertiary/aromatic N) is 1. The van der Waals surface area contributed by atoms with Crippen molar-refractivity contribution in [2.45, 2.75) is 78.2 Å². The van der Waals surface area contributed by atoms with Crippen LogP contribution in [0.5, 0.6) is 0 Å². The molecule has 0 radical (unpaired) electrons. The van der Waals surface area contributed by atoms with Crippen LogP contribution >= 0.6 is 0 Å². The summed E-state index contributed by atoms with van der Waals surface area (Å²) in [5.74, 6) is -0.342. The number of hydrogen-bond acceptors (Lipinski definition) is 3. The number of Topliss-reactive ketones (excluding diaryl/α,β-unsaturated/α-hetero) is 1. The number of aryl methyl sites for hydroxylation is 2. The summed E-state index contributed by atoms with van der Waals surface area (Å²) in [5, 5.41) is 0. The number of carbonyl (C=O) groups is 2. The fourth-order valence-corrected chi connectivity index (χ4v) is 3.99. The summed E-state index contributed by atoms with van der Waals surface area (Å²) in [6.45, 7) is 11.7. The highest BCUT2D eigenvalue weighted by Crippen LogP contribution is 2.41. The zero-order valence-corrected chi connectivity index (χ0v) is 17.4. The van der Waals surface area contributed by atoms with E-state index in [-0.39, 0.29) is 17.7 Å². The van der Waals surface area contributed by atoms with Crippen LogP contribution in [0.25, 0.3) is 0 Å². The Morgan fingerprint density at radius 2 is 1.81 bits per heavy atom. The maximum Gasteiger partial charge on any atom is 0.410 e. The quantitative estimate of drug-likeness (QED) is 0.746. The summed E-state index contributed by atoms with van der Waals surface area (Å²) in [4.78, 5) is 26.7. The van der Waals surface area contributed by atoms with Crippen molar-refractivity contribution >= 4 is 11.9 Å². The molecule has 150 valence electrons. The molecular weight excluding hydrogens is 345 g/mol. The van der Waals surface area contributed by atoms with E-state index in [1.54, 1.807) is 4.90 Å². The third kappa shape index (κ3) is 4.69. The van der Waals surface area contributed by atoms with Crippen molar-refractivity contribution in [3.05, 3.63) is 34.6 Å². The summed E-state index contributed by atoms with van der Waals surface area (Å²) in [6, 6.07) is 3.51. The van der Waals surface area contributed by atoms with E-state index in [0.29, 0.717) is 31.5 Å². The predicted octanol–water partition coefficient (Wildman–Crippen LogP) is 4.94. The second-order valence-electron chi connectivity index (χ2n) is 8.64. The van der Waals surface area contributed by atoms with Crippen molar-refractivity contribution in [1.29, 1.82) is 0 Å². The number of piperidine rings is 1. The molecule has 4 nitrogen and oxygen atoms in total. The smallest absolute Gasteiger partial charge is 0.410 e. The van der Waals surface area contributed by atoms with Crippen molar-refractivity contribution in [3.8, 4) is 0 Å². The average Bonchev–Trinajstić information content (AvgIpc) is 2.53. The Labute approximate surface area is 162 Å². The molecule has 0 aliphatic carbocycles. The minimum atomic E-state index is -0.874. The Morgan fingerprint density at radius 3 is 2.30 bits per heavy atom. The van der Waals surface area contributed by atoms with Gasteiger partial charge in [-0.25, -0.2) is 9.18 Å². The summed E-state index contributed by atoms with van der Waals surface area (Å²) >= 11 is 0. The minimum absolute atomic E-state index is 0.0357. The zero-order chi connectivity index (χ0) is 20.4. The molecule has 1 aliphatic heterocycles. The lowest BCUT2D eigenvalue weighted by Gasteiger charge is -2.41. The van der Waals surface area contributed by atoms with Gasteiger partial charge in [-0.3, -0.25) is 4.79 Å². The Morgan fingerprint density at radius 1 is 1.22 bits per heavy atom. The molecule has 2 rings (SSSR count). The molecule has 0 spiro atoms. The van der Waals surface area contributed by atoms with Crippen molar-refractivity contribution in [3.63, 3.8) is 0 Å². The van der Waals surface area contributed by atoms with Gasteiger partial charge in [0.15, 0.2) is 0 Å². The molecule has 5 heteroatoms. The number of likely N-dealkylation sites (tertiary alicyclic amines) is 1. The maximum atomic E-state index is 15.0. The third-order valence-electron chi connectivity index (χ3n) is 5.26. The highest BCUT2D eigenvalue weighted by atomic mass is 19.1. The minimum Gasteiger partial charge on any atom is -0.444 e. The molecule has 0 saturated carbocycles. The number of benzene rings is 1. The highest BCUT2D eigenvalue weighted by molar-refractivity contribution is 5.89. The molecule has 27 heavy (non-hydrogen) atoms. The van der Waals surface area contributed by atoms with Gasteiger partial charge in [0.2, 0.25) is 0 Å². The Kier molecular flexibility index (Phi) is 6.33. The number of ether oxygens (including phenoxy) is 1. The maximum absolute atomic E-state index is 15.0. The van der Waals surface area contributed by atoms with Crippen molar-refractivity contribution < 1.29 is 18.7 Å². The van der Waals surface area contributed by atoms with Crippen molar-refractivity contribution in [2.24, 2.45) is 0 Å². The number of rotatable bonds is 4.